The van der Waals surface area contributed by atoms with Crippen LogP contribution in [0.4, 0.5) is 0 Å². The van der Waals surface area contributed by atoms with Gasteiger partial charge in [-0.3, -0.25) is 0 Å². The van der Waals surface area contributed by atoms with Gasteiger partial charge in [-0.25, -0.2) is 0 Å². The highest BCUT2D eigenvalue weighted by molar-refractivity contribution is 9.10. The van der Waals surface area contributed by atoms with Gasteiger partial charge in [-0.2, -0.15) is 0 Å². The lowest BCUT2D eigenvalue weighted by atomic mass is 10.0. The van der Waals surface area contributed by atoms with Gasteiger partial charge < -0.3 is 5.73 Å². The third-order valence-electron chi connectivity index (χ3n) is 2.45. The highest BCUT2D eigenvalue weighted by atomic mass is 79.9. The molecule has 0 amide bonds. The average Bonchev–Trinajstić information content (AvgIpc) is 2.33. The Balaban J connectivity index is 2.46. The zero-order valence-corrected chi connectivity index (χ0v) is 10.9. The minimum Gasteiger partial charge on any atom is -0.326 e. The molecule has 3 heteroatoms. The van der Waals surface area contributed by atoms with Crippen molar-refractivity contribution in [1.29, 1.82) is 0 Å². The van der Waals surface area contributed by atoms with Gasteiger partial charge in [0.1, 0.15) is 0 Å². The molecular formula is C13H11BrClN. The third kappa shape index (κ3) is 2.29. The highest BCUT2D eigenvalue weighted by Crippen LogP contribution is 2.33. The summed E-state index contributed by atoms with van der Waals surface area (Å²) in [6.07, 6.45) is 0. The zero-order chi connectivity index (χ0) is 11.5. The largest absolute Gasteiger partial charge is 0.326 e. The smallest absolute Gasteiger partial charge is 0.0626 e. The molecule has 2 aromatic rings. The molecule has 0 heterocycles. The fourth-order valence-electron chi connectivity index (χ4n) is 1.55. The molecule has 0 fully saturated rings. The van der Waals surface area contributed by atoms with Crippen LogP contribution in [0, 0.1) is 0 Å². The van der Waals surface area contributed by atoms with E-state index in [4.69, 9.17) is 17.3 Å². The summed E-state index contributed by atoms with van der Waals surface area (Å²) in [5.74, 6) is 0. The number of halogens is 2. The molecule has 16 heavy (non-hydrogen) atoms. The fourth-order valence-corrected chi connectivity index (χ4v) is 2.15. The predicted octanol–water partition coefficient (Wildman–Crippen LogP) is 4.23. The summed E-state index contributed by atoms with van der Waals surface area (Å²) in [5, 5.41) is 0.739. The first kappa shape index (κ1) is 11.6. The Morgan fingerprint density at radius 3 is 2.38 bits per heavy atom. The van der Waals surface area contributed by atoms with Gasteiger partial charge in [-0.1, -0.05) is 48.0 Å². The molecule has 1 nitrogen and oxygen atoms in total. The van der Waals surface area contributed by atoms with Gasteiger partial charge in [-0.15, -0.1) is 0 Å². The van der Waals surface area contributed by atoms with Crippen molar-refractivity contribution in [2.75, 3.05) is 0 Å². The van der Waals surface area contributed by atoms with Crippen LogP contribution in [0.15, 0.2) is 46.9 Å². The number of hydrogen-bond acceptors (Lipinski definition) is 1. The van der Waals surface area contributed by atoms with Crippen molar-refractivity contribution in [3.05, 3.63) is 57.5 Å². The van der Waals surface area contributed by atoms with Gasteiger partial charge in [0.2, 0.25) is 0 Å². The monoisotopic (exact) mass is 295 g/mol. The van der Waals surface area contributed by atoms with Crippen molar-refractivity contribution in [3.63, 3.8) is 0 Å². The molecule has 0 aliphatic heterocycles. The summed E-state index contributed by atoms with van der Waals surface area (Å²) < 4.78 is 0.912. The SMILES string of the molecule is NCc1ccc(-c2cccc(Br)c2Cl)cc1. The second-order valence-corrected chi connectivity index (χ2v) is 4.73. The molecule has 0 unspecified atom stereocenters. The number of hydrogen-bond donors (Lipinski definition) is 1. The molecule has 0 aliphatic carbocycles. The molecule has 0 atom stereocenters. The number of benzene rings is 2. The van der Waals surface area contributed by atoms with E-state index in [9.17, 15) is 0 Å². The number of nitrogens with two attached hydrogens (primary N) is 1. The summed E-state index contributed by atoms with van der Waals surface area (Å²) in [7, 11) is 0. The predicted molar refractivity (Wildman–Crippen MR) is 72.5 cm³/mol. The van der Waals surface area contributed by atoms with Crippen LogP contribution in [0.3, 0.4) is 0 Å². The first-order valence-electron chi connectivity index (χ1n) is 4.96. The summed E-state index contributed by atoms with van der Waals surface area (Å²) in [6, 6.07) is 14.0. The van der Waals surface area contributed by atoms with Crippen molar-refractivity contribution in [2.45, 2.75) is 6.54 Å². The minimum absolute atomic E-state index is 0.562. The van der Waals surface area contributed by atoms with Gasteiger partial charge in [0, 0.05) is 16.6 Å². The van der Waals surface area contributed by atoms with Crippen molar-refractivity contribution in [1.82, 2.24) is 0 Å². The van der Waals surface area contributed by atoms with E-state index in [1.807, 2.05) is 42.5 Å². The molecule has 2 rings (SSSR count). The first-order valence-corrected chi connectivity index (χ1v) is 6.13. The molecule has 0 spiro atoms. The van der Waals surface area contributed by atoms with Gasteiger partial charge in [0.25, 0.3) is 0 Å². The molecule has 0 saturated heterocycles. The fraction of sp³-hybridized carbons (Fsp3) is 0.0769. The van der Waals surface area contributed by atoms with Gasteiger partial charge in [0.05, 0.1) is 5.02 Å². The molecule has 0 saturated carbocycles. The Bertz CT molecular complexity index is 494. The van der Waals surface area contributed by atoms with Crippen LogP contribution in [-0.2, 0) is 6.54 Å². The Hall–Kier alpha value is -0.830. The van der Waals surface area contributed by atoms with Crippen LogP contribution in [-0.4, -0.2) is 0 Å². The molecule has 2 aromatic carbocycles. The minimum atomic E-state index is 0.562. The van der Waals surface area contributed by atoms with Gasteiger partial charge in [0.15, 0.2) is 0 Å². The zero-order valence-electron chi connectivity index (χ0n) is 8.58. The summed E-state index contributed by atoms with van der Waals surface area (Å²) in [6.45, 7) is 0.562. The van der Waals surface area contributed by atoms with E-state index < -0.39 is 0 Å². The van der Waals surface area contributed by atoms with E-state index in [0.29, 0.717) is 6.54 Å². The second kappa shape index (κ2) is 5.00. The molecule has 82 valence electrons. The molecule has 0 aromatic heterocycles. The van der Waals surface area contributed by atoms with Crippen LogP contribution >= 0.6 is 27.5 Å². The van der Waals surface area contributed by atoms with E-state index >= 15 is 0 Å². The van der Waals surface area contributed by atoms with Crippen LogP contribution in [0.25, 0.3) is 11.1 Å². The molecule has 2 N–H and O–H groups in total. The van der Waals surface area contributed by atoms with Crippen molar-refractivity contribution in [3.8, 4) is 11.1 Å². The lowest BCUT2D eigenvalue weighted by molar-refractivity contribution is 1.07. The standard InChI is InChI=1S/C13H11BrClN/c14-12-3-1-2-11(13(12)15)10-6-4-9(8-16)5-7-10/h1-7H,8,16H2. The molecule has 0 aliphatic rings. The highest BCUT2D eigenvalue weighted by Gasteiger charge is 2.05. The lowest BCUT2D eigenvalue weighted by Crippen LogP contribution is -1.95. The summed E-state index contributed by atoms with van der Waals surface area (Å²) in [5.41, 5.74) is 8.81. The van der Waals surface area contributed by atoms with E-state index in [1.54, 1.807) is 0 Å². The Morgan fingerprint density at radius 2 is 1.75 bits per heavy atom. The van der Waals surface area contributed by atoms with E-state index in [-0.39, 0.29) is 0 Å². The van der Waals surface area contributed by atoms with Crippen LogP contribution < -0.4 is 5.73 Å². The van der Waals surface area contributed by atoms with E-state index in [2.05, 4.69) is 15.9 Å². The molecule has 0 radical (unpaired) electrons. The Labute approximate surface area is 108 Å². The van der Waals surface area contributed by atoms with Crippen LogP contribution in [0.1, 0.15) is 5.56 Å². The van der Waals surface area contributed by atoms with Crippen molar-refractivity contribution in [2.24, 2.45) is 5.73 Å². The van der Waals surface area contributed by atoms with Crippen molar-refractivity contribution < 1.29 is 0 Å². The normalized spacial score (nSPS) is 10.4. The van der Waals surface area contributed by atoms with E-state index in [1.165, 1.54) is 0 Å². The van der Waals surface area contributed by atoms with Crippen molar-refractivity contribution >= 4 is 27.5 Å². The molecule has 0 bridgehead atoms. The van der Waals surface area contributed by atoms with E-state index in [0.717, 1.165) is 26.2 Å². The Kier molecular flexibility index (Phi) is 3.64. The van der Waals surface area contributed by atoms with Crippen LogP contribution in [0.5, 0.6) is 0 Å². The summed E-state index contributed by atoms with van der Waals surface area (Å²) >= 11 is 9.65. The topological polar surface area (TPSA) is 26.0 Å². The second-order valence-electron chi connectivity index (χ2n) is 3.50. The maximum atomic E-state index is 6.23. The van der Waals surface area contributed by atoms with Gasteiger partial charge in [-0.05, 0) is 33.1 Å². The van der Waals surface area contributed by atoms with Crippen LogP contribution in [0.2, 0.25) is 5.02 Å². The lowest BCUT2D eigenvalue weighted by Gasteiger charge is -2.06. The maximum absolute atomic E-state index is 6.23. The number of rotatable bonds is 2. The maximum Gasteiger partial charge on any atom is 0.0626 e. The quantitative estimate of drug-likeness (QED) is 0.882. The third-order valence-corrected chi connectivity index (χ3v) is 3.75. The Morgan fingerprint density at radius 1 is 1.06 bits per heavy atom. The summed E-state index contributed by atoms with van der Waals surface area (Å²) in [4.78, 5) is 0. The van der Waals surface area contributed by atoms with Gasteiger partial charge >= 0.3 is 0 Å². The first-order chi connectivity index (χ1) is 7.72. The molecular weight excluding hydrogens is 286 g/mol. The average molecular weight is 297 g/mol.